The first kappa shape index (κ1) is 18.9. The fourth-order valence-corrected chi connectivity index (χ4v) is 4.43. The number of nitrogens with zero attached hydrogens (tertiary/aromatic N) is 5. The van der Waals surface area contributed by atoms with Gasteiger partial charge >= 0.3 is 5.69 Å². The number of imidazole rings is 2. The average molecular weight is 407 g/mol. The van der Waals surface area contributed by atoms with Gasteiger partial charge in [-0.25, -0.2) is 4.79 Å². The number of hydrogen-bond donors (Lipinski definition) is 0. The molecule has 1 fully saturated rings. The van der Waals surface area contributed by atoms with Crippen molar-refractivity contribution in [3.63, 3.8) is 0 Å². The van der Waals surface area contributed by atoms with Crippen LogP contribution in [0, 0.1) is 13.8 Å². The lowest BCUT2D eigenvalue weighted by Crippen LogP contribution is -2.39. The number of fused-ring (bicyclic) bond motifs is 3. The van der Waals surface area contributed by atoms with Crippen molar-refractivity contribution in [3.05, 3.63) is 68.1 Å². The number of aryl methyl sites for hydroxylation is 2. The van der Waals surface area contributed by atoms with Crippen LogP contribution in [0.1, 0.15) is 29.8 Å². The molecule has 1 aliphatic heterocycles. The third-order valence-electron chi connectivity index (χ3n) is 6.22. The second kappa shape index (κ2) is 6.98. The van der Waals surface area contributed by atoms with Crippen LogP contribution >= 0.6 is 0 Å². The van der Waals surface area contributed by atoms with Crippen LogP contribution in [0.2, 0.25) is 0 Å². The molecule has 0 amide bonds. The van der Waals surface area contributed by atoms with Crippen molar-refractivity contribution in [1.82, 2.24) is 23.1 Å². The van der Waals surface area contributed by atoms with Crippen molar-refractivity contribution >= 4 is 16.9 Å². The molecule has 4 heterocycles. The molecule has 0 N–H and O–H groups in total. The Balaban J connectivity index is 1.75. The van der Waals surface area contributed by atoms with E-state index in [1.807, 2.05) is 48.6 Å². The average Bonchev–Trinajstić information content (AvgIpc) is 3.45. The molecule has 0 saturated carbocycles. The first-order valence-corrected chi connectivity index (χ1v) is 10.3. The summed E-state index contributed by atoms with van der Waals surface area (Å²) < 4.78 is 12.6. The zero-order valence-corrected chi connectivity index (χ0v) is 17.5. The Bertz CT molecular complexity index is 1370. The molecule has 0 spiro atoms. The minimum Gasteiger partial charge on any atom is -0.376 e. The largest absolute Gasteiger partial charge is 0.376 e. The van der Waals surface area contributed by atoms with Crippen LogP contribution < -0.4 is 11.2 Å². The quantitative estimate of drug-likeness (QED) is 0.519. The van der Waals surface area contributed by atoms with Crippen LogP contribution in [0.15, 0.2) is 39.9 Å². The number of rotatable bonds is 4. The maximum atomic E-state index is 13.5. The molecule has 0 aliphatic carbocycles. The molecule has 4 aromatic rings. The van der Waals surface area contributed by atoms with Gasteiger partial charge in [-0.15, -0.1) is 0 Å². The molecule has 5 rings (SSSR count). The predicted molar refractivity (Wildman–Crippen MR) is 114 cm³/mol. The van der Waals surface area contributed by atoms with Crippen LogP contribution in [0.25, 0.3) is 16.9 Å². The molecule has 156 valence electrons. The topological polar surface area (TPSA) is 75.5 Å². The standard InChI is InChI=1S/C22H25N5O3/c1-14-15(2)27-18-19(23-21(27)25(14)13-17-10-7-11-30-17)24(3)22(29)26(20(18)28)12-16-8-5-4-6-9-16/h4-6,8-9,17H,7,10-13H2,1-3H3/t17-/m0/s1. The van der Waals surface area contributed by atoms with Crippen molar-refractivity contribution in [2.75, 3.05) is 6.61 Å². The highest BCUT2D eigenvalue weighted by atomic mass is 16.5. The van der Waals surface area contributed by atoms with E-state index in [4.69, 9.17) is 9.72 Å². The summed E-state index contributed by atoms with van der Waals surface area (Å²) in [6.07, 6.45) is 2.23. The van der Waals surface area contributed by atoms with Crippen LogP contribution in [0.3, 0.4) is 0 Å². The maximum absolute atomic E-state index is 13.5. The van der Waals surface area contributed by atoms with Crippen molar-refractivity contribution in [2.24, 2.45) is 7.05 Å². The lowest BCUT2D eigenvalue weighted by atomic mass is 10.2. The van der Waals surface area contributed by atoms with E-state index in [1.54, 1.807) is 7.05 Å². The summed E-state index contributed by atoms with van der Waals surface area (Å²) in [5, 5.41) is 0. The maximum Gasteiger partial charge on any atom is 0.332 e. The van der Waals surface area contributed by atoms with E-state index in [9.17, 15) is 9.59 Å². The van der Waals surface area contributed by atoms with Crippen molar-refractivity contribution in [2.45, 2.75) is 45.9 Å². The van der Waals surface area contributed by atoms with Gasteiger partial charge in [0, 0.05) is 25.0 Å². The highest BCUT2D eigenvalue weighted by Crippen LogP contribution is 2.23. The van der Waals surface area contributed by atoms with Gasteiger partial charge in [0.15, 0.2) is 11.2 Å². The van der Waals surface area contributed by atoms with Crippen LogP contribution in [-0.4, -0.2) is 35.8 Å². The predicted octanol–water partition coefficient (Wildman–Crippen LogP) is 1.99. The summed E-state index contributed by atoms with van der Waals surface area (Å²) >= 11 is 0. The smallest absolute Gasteiger partial charge is 0.332 e. The van der Waals surface area contributed by atoms with Crippen LogP contribution in [0.5, 0.6) is 0 Å². The van der Waals surface area contributed by atoms with Gasteiger partial charge in [-0.05, 0) is 32.3 Å². The second-order valence-corrected chi connectivity index (χ2v) is 8.05. The van der Waals surface area contributed by atoms with E-state index in [0.717, 1.165) is 36.4 Å². The number of hydrogen-bond acceptors (Lipinski definition) is 4. The molecule has 1 aromatic carbocycles. The third kappa shape index (κ3) is 2.74. The molecule has 0 unspecified atom stereocenters. The van der Waals surface area contributed by atoms with Gasteiger partial charge in [0.2, 0.25) is 5.78 Å². The summed E-state index contributed by atoms with van der Waals surface area (Å²) in [6.45, 7) is 5.73. The Morgan fingerprint density at radius 2 is 1.87 bits per heavy atom. The van der Waals surface area contributed by atoms with E-state index in [1.165, 1.54) is 9.13 Å². The fourth-order valence-electron chi connectivity index (χ4n) is 4.43. The number of benzene rings is 1. The Hall–Kier alpha value is -3.13. The molecule has 1 aliphatic rings. The van der Waals surface area contributed by atoms with Gasteiger partial charge in [0.25, 0.3) is 5.56 Å². The lowest BCUT2D eigenvalue weighted by Gasteiger charge is -2.12. The van der Waals surface area contributed by atoms with E-state index < -0.39 is 0 Å². The molecular weight excluding hydrogens is 382 g/mol. The second-order valence-electron chi connectivity index (χ2n) is 8.05. The highest BCUT2D eigenvalue weighted by Gasteiger charge is 2.25. The van der Waals surface area contributed by atoms with Crippen LogP contribution in [-0.2, 0) is 24.9 Å². The van der Waals surface area contributed by atoms with E-state index in [2.05, 4.69) is 4.57 Å². The Morgan fingerprint density at radius 3 is 2.57 bits per heavy atom. The minimum atomic E-state index is -0.364. The summed E-state index contributed by atoms with van der Waals surface area (Å²) in [5.74, 6) is 0.681. The molecule has 1 atom stereocenters. The van der Waals surface area contributed by atoms with Gasteiger partial charge in [-0.2, -0.15) is 4.98 Å². The zero-order valence-electron chi connectivity index (χ0n) is 17.5. The Morgan fingerprint density at radius 1 is 1.10 bits per heavy atom. The summed E-state index contributed by atoms with van der Waals surface area (Å²) in [5.41, 5.74) is 3.08. The molecule has 1 saturated heterocycles. The molecule has 0 bridgehead atoms. The van der Waals surface area contributed by atoms with E-state index in [-0.39, 0.29) is 23.9 Å². The summed E-state index contributed by atoms with van der Waals surface area (Å²) in [6, 6.07) is 9.54. The molecule has 30 heavy (non-hydrogen) atoms. The molecule has 3 aromatic heterocycles. The Kier molecular flexibility index (Phi) is 4.39. The molecule has 8 heteroatoms. The lowest BCUT2D eigenvalue weighted by molar-refractivity contribution is 0.0974. The van der Waals surface area contributed by atoms with E-state index in [0.29, 0.717) is 23.5 Å². The Labute approximate surface area is 173 Å². The number of aromatic nitrogens is 5. The number of ether oxygens (including phenoxy) is 1. The zero-order chi connectivity index (χ0) is 21.0. The first-order chi connectivity index (χ1) is 14.5. The summed E-state index contributed by atoms with van der Waals surface area (Å²) in [4.78, 5) is 31.2. The van der Waals surface area contributed by atoms with Gasteiger partial charge in [0.05, 0.1) is 19.2 Å². The monoisotopic (exact) mass is 407 g/mol. The highest BCUT2D eigenvalue weighted by molar-refractivity contribution is 5.76. The molecule has 0 radical (unpaired) electrons. The van der Waals surface area contributed by atoms with Gasteiger partial charge in [0.1, 0.15) is 0 Å². The van der Waals surface area contributed by atoms with E-state index >= 15 is 0 Å². The summed E-state index contributed by atoms with van der Waals surface area (Å²) in [7, 11) is 1.67. The molecular formula is C22H25N5O3. The van der Waals surface area contributed by atoms with Gasteiger partial charge in [-0.1, -0.05) is 30.3 Å². The minimum absolute atomic E-state index is 0.151. The first-order valence-electron chi connectivity index (χ1n) is 10.3. The normalized spacial score (nSPS) is 16.8. The van der Waals surface area contributed by atoms with Crippen LogP contribution in [0.4, 0.5) is 0 Å². The fraction of sp³-hybridized carbons (Fsp3) is 0.409. The molecule has 8 nitrogen and oxygen atoms in total. The van der Waals surface area contributed by atoms with Crippen molar-refractivity contribution < 1.29 is 4.74 Å². The SMILES string of the molecule is Cc1c(C)n2c3c(=O)n(Cc4ccccc4)c(=O)n(C)c3nc2n1C[C@@H]1CCCO1. The van der Waals surface area contributed by atoms with Gasteiger partial charge < -0.3 is 9.30 Å². The van der Waals surface area contributed by atoms with Crippen molar-refractivity contribution in [3.8, 4) is 0 Å². The van der Waals surface area contributed by atoms with Gasteiger partial charge in [-0.3, -0.25) is 18.3 Å². The third-order valence-corrected chi connectivity index (χ3v) is 6.22. The van der Waals surface area contributed by atoms with Crippen molar-refractivity contribution in [1.29, 1.82) is 0 Å².